The molecule has 0 nitrogen and oxygen atoms in total. The van der Waals surface area contributed by atoms with Crippen molar-refractivity contribution >= 4 is 0 Å². The van der Waals surface area contributed by atoms with Gasteiger partial charge in [-0.2, -0.15) is 0 Å². The molecule has 6 rings (SSSR count). The number of fused-ring (bicyclic) bond motifs is 4. The lowest BCUT2D eigenvalue weighted by molar-refractivity contribution is -0.166. The van der Waals surface area contributed by atoms with Crippen molar-refractivity contribution < 1.29 is 0 Å². The van der Waals surface area contributed by atoms with Crippen LogP contribution in [0.4, 0.5) is 0 Å². The van der Waals surface area contributed by atoms with Crippen molar-refractivity contribution in [1.29, 1.82) is 0 Å². The Balaban J connectivity index is 1.43. The van der Waals surface area contributed by atoms with Crippen LogP contribution in [0.25, 0.3) is 0 Å². The Morgan fingerprint density at radius 3 is 2.65 bits per heavy atom. The van der Waals surface area contributed by atoms with Gasteiger partial charge in [0.1, 0.15) is 0 Å². The third kappa shape index (κ3) is 0.956. The Morgan fingerprint density at radius 2 is 1.75 bits per heavy atom. The maximum atomic E-state index is 2.69. The van der Waals surface area contributed by atoms with Crippen molar-refractivity contribution in [3.05, 3.63) is 24.3 Å². The van der Waals surface area contributed by atoms with E-state index in [1.165, 1.54) is 30.6 Å². The predicted octanol–water partition coefficient (Wildman–Crippen LogP) is 4.83. The summed E-state index contributed by atoms with van der Waals surface area (Å²) < 4.78 is 0. The lowest BCUT2D eigenvalue weighted by Crippen LogP contribution is -2.59. The highest BCUT2D eigenvalue weighted by Crippen LogP contribution is 2.90. The molecule has 106 valence electrons. The van der Waals surface area contributed by atoms with E-state index in [1.807, 2.05) is 0 Å². The molecule has 0 N–H and O–H groups in total. The normalized spacial score (nSPS) is 67.5. The molecule has 5 saturated carbocycles. The summed E-state index contributed by atoms with van der Waals surface area (Å²) in [5.41, 5.74) is 1.57. The molecule has 0 aromatic carbocycles. The number of allylic oxidation sites excluding steroid dienone is 4. The van der Waals surface area contributed by atoms with Gasteiger partial charge in [-0.25, -0.2) is 0 Å². The average Bonchev–Trinajstić information content (AvgIpc) is 2.94. The Morgan fingerprint density at radius 1 is 0.900 bits per heavy atom. The monoisotopic (exact) mass is 266 g/mol. The van der Waals surface area contributed by atoms with Gasteiger partial charge in [-0.15, -0.1) is 0 Å². The third-order valence-corrected chi connectivity index (χ3v) is 9.12. The first-order valence-corrected chi connectivity index (χ1v) is 9.10. The van der Waals surface area contributed by atoms with Gasteiger partial charge in [-0.05, 0) is 90.8 Å². The molecular weight excluding hydrogens is 240 g/mol. The lowest BCUT2D eigenvalue weighted by Gasteiger charge is -2.65. The first-order chi connectivity index (χ1) is 9.75. The summed E-state index contributed by atoms with van der Waals surface area (Å²) in [5.74, 6) is 7.47. The second-order valence-corrected chi connectivity index (χ2v) is 9.26. The van der Waals surface area contributed by atoms with Gasteiger partial charge in [0.25, 0.3) is 0 Å². The first-order valence-electron chi connectivity index (χ1n) is 9.10. The largest absolute Gasteiger partial charge is 0.0808 e. The topological polar surface area (TPSA) is 0 Å². The minimum Gasteiger partial charge on any atom is -0.0808 e. The third-order valence-electron chi connectivity index (χ3n) is 9.12. The van der Waals surface area contributed by atoms with E-state index >= 15 is 0 Å². The molecule has 20 heavy (non-hydrogen) atoms. The van der Waals surface area contributed by atoms with Gasteiger partial charge in [0.2, 0.25) is 0 Å². The van der Waals surface area contributed by atoms with Gasteiger partial charge in [0.15, 0.2) is 0 Å². The maximum Gasteiger partial charge on any atom is -0.0136 e. The van der Waals surface area contributed by atoms with Crippen molar-refractivity contribution in [2.45, 2.75) is 45.4 Å². The number of rotatable bonds is 0. The molecule has 0 amide bonds. The molecule has 0 bridgehead atoms. The number of hydrogen-bond acceptors (Lipinski definition) is 0. The molecule has 0 heterocycles. The fraction of sp³-hybridized carbons (Fsp3) is 0.800. The average molecular weight is 266 g/mol. The van der Waals surface area contributed by atoms with Crippen molar-refractivity contribution in [1.82, 2.24) is 0 Å². The van der Waals surface area contributed by atoms with E-state index in [0.29, 0.717) is 0 Å². The Hall–Kier alpha value is -0.520. The van der Waals surface area contributed by atoms with Crippen LogP contribution in [0.3, 0.4) is 0 Å². The zero-order valence-electron chi connectivity index (χ0n) is 12.6. The molecule has 5 fully saturated rings. The summed E-state index contributed by atoms with van der Waals surface area (Å²) >= 11 is 0. The van der Waals surface area contributed by atoms with E-state index in [0.717, 1.165) is 34.5 Å². The summed E-state index contributed by atoms with van der Waals surface area (Å²) in [6.45, 7) is 2.69. The standard InChI is InChI=1S/C20H26/c1-19-9-8-14-13-5-3-2-4-12(13)6-7-17(14)20(19)11-16-15(10-19)18(16)20/h2-5,12-18H,6-11H2,1H3. The Bertz CT molecular complexity index is 542. The van der Waals surface area contributed by atoms with Gasteiger partial charge in [0, 0.05) is 0 Å². The van der Waals surface area contributed by atoms with Crippen LogP contribution in [-0.4, -0.2) is 0 Å². The summed E-state index contributed by atoms with van der Waals surface area (Å²) in [6.07, 6.45) is 19.1. The quantitative estimate of drug-likeness (QED) is 0.589. The molecule has 6 aliphatic carbocycles. The van der Waals surface area contributed by atoms with Gasteiger partial charge >= 0.3 is 0 Å². The molecule has 0 aliphatic heterocycles. The lowest BCUT2D eigenvalue weighted by atomic mass is 9.39. The highest BCUT2D eigenvalue weighted by molar-refractivity contribution is 5.33. The fourth-order valence-electron chi connectivity index (χ4n) is 8.46. The van der Waals surface area contributed by atoms with Crippen LogP contribution in [0.1, 0.15) is 45.4 Å². The molecule has 6 aliphatic rings. The van der Waals surface area contributed by atoms with Crippen molar-refractivity contribution in [2.75, 3.05) is 0 Å². The summed E-state index contributed by atoms with van der Waals surface area (Å²) in [7, 11) is 0. The van der Waals surface area contributed by atoms with Crippen LogP contribution in [0.2, 0.25) is 0 Å². The Labute approximate surface area is 122 Å². The van der Waals surface area contributed by atoms with Gasteiger partial charge in [0.05, 0.1) is 0 Å². The molecule has 1 spiro atoms. The molecule has 0 heteroatoms. The van der Waals surface area contributed by atoms with Crippen LogP contribution >= 0.6 is 0 Å². The predicted molar refractivity (Wildman–Crippen MR) is 81.0 cm³/mol. The minimum atomic E-state index is 0.749. The first kappa shape index (κ1) is 11.1. The van der Waals surface area contributed by atoms with Crippen molar-refractivity contribution in [3.8, 4) is 0 Å². The van der Waals surface area contributed by atoms with E-state index in [2.05, 4.69) is 31.2 Å². The van der Waals surface area contributed by atoms with E-state index in [-0.39, 0.29) is 0 Å². The van der Waals surface area contributed by atoms with Crippen molar-refractivity contribution in [3.63, 3.8) is 0 Å². The van der Waals surface area contributed by atoms with E-state index in [9.17, 15) is 0 Å². The zero-order chi connectivity index (χ0) is 13.1. The van der Waals surface area contributed by atoms with Crippen molar-refractivity contribution in [2.24, 2.45) is 52.3 Å². The van der Waals surface area contributed by atoms with Crippen LogP contribution in [0, 0.1) is 52.3 Å². The van der Waals surface area contributed by atoms with E-state index in [4.69, 9.17) is 0 Å². The summed E-state index contributed by atoms with van der Waals surface area (Å²) in [4.78, 5) is 0. The fourth-order valence-corrected chi connectivity index (χ4v) is 8.46. The molecule has 0 radical (unpaired) electrons. The second-order valence-electron chi connectivity index (χ2n) is 9.26. The molecule has 0 saturated heterocycles. The molecular formula is C20H26. The minimum absolute atomic E-state index is 0.749. The van der Waals surface area contributed by atoms with Gasteiger partial charge < -0.3 is 0 Å². The summed E-state index contributed by atoms with van der Waals surface area (Å²) in [5, 5.41) is 0. The van der Waals surface area contributed by atoms with E-state index < -0.39 is 0 Å². The molecule has 9 unspecified atom stereocenters. The van der Waals surface area contributed by atoms with Gasteiger partial charge in [-0.1, -0.05) is 31.2 Å². The van der Waals surface area contributed by atoms with Crippen LogP contribution in [-0.2, 0) is 0 Å². The maximum absolute atomic E-state index is 2.69. The van der Waals surface area contributed by atoms with Crippen LogP contribution in [0.5, 0.6) is 0 Å². The molecule has 0 aromatic heterocycles. The van der Waals surface area contributed by atoms with Crippen LogP contribution < -0.4 is 0 Å². The van der Waals surface area contributed by atoms with E-state index in [1.54, 1.807) is 25.7 Å². The second kappa shape index (κ2) is 3.13. The Kier molecular flexibility index (Phi) is 1.74. The smallest absolute Gasteiger partial charge is 0.0136 e. The molecule has 0 aromatic rings. The zero-order valence-corrected chi connectivity index (χ0v) is 12.6. The summed E-state index contributed by atoms with van der Waals surface area (Å²) in [6, 6.07) is 0. The number of hydrogen-bond donors (Lipinski definition) is 0. The SMILES string of the molecule is CC12CCC3C4C=CC=CC4CCC3C13CC1C(C2)C13. The highest BCUT2D eigenvalue weighted by atomic mass is 14.9. The molecule has 9 atom stereocenters. The highest BCUT2D eigenvalue weighted by Gasteiger charge is 2.84. The van der Waals surface area contributed by atoms with Gasteiger partial charge in [-0.3, -0.25) is 0 Å². The van der Waals surface area contributed by atoms with Crippen LogP contribution in [0.15, 0.2) is 24.3 Å².